The van der Waals surface area contributed by atoms with Gasteiger partial charge >= 0.3 is 0 Å². The van der Waals surface area contributed by atoms with E-state index in [4.69, 9.17) is 0 Å². The van der Waals surface area contributed by atoms with Gasteiger partial charge in [0.25, 0.3) is 0 Å². The van der Waals surface area contributed by atoms with Crippen LogP contribution in [0.5, 0.6) is 0 Å². The molecular formula is C33H50N6O7. The first-order chi connectivity index (χ1) is 21.7. The van der Waals surface area contributed by atoms with Crippen molar-refractivity contribution >= 4 is 35.4 Å². The maximum Gasteiger partial charge on any atom is 0.248 e. The molecule has 1 aromatic carbocycles. The van der Waals surface area contributed by atoms with Crippen molar-refractivity contribution in [3.63, 3.8) is 0 Å². The summed E-state index contributed by atoms with van der Waals surface area (Å²) in [6.45, 7) is 8.81. The Bertz CT molecular complexity index is 1250. The highest BCUT2D eigenvalue weighted by Crippen LogP contribution is 2.19. The number of benzene rings is 1. The molecule has 0 radical (unpaired) electrons. The Balaban J connectivity index is 2.04. The molecule has 46 heavy (non-hydrogen) atoms. The topological polar surface area (TPSA) is 177 Å². The Morgan fingerprint density at radius 1 is 0.804 bits per heavy atom. The maximum atomic E-state index is 13.9. The van der Waals surface area contributed by atoms with Crippen molar-refractivity contribution in [3.05, 3.63) is 35.9 Å². The van der Waals surface area contributed by atoms with Gasteiger partial charge in [-0.05, 0) is 50.0 Å². The van der Waals surface area contributed by atoms with E-state index in [2.05, 4.69) is 21.3 Å². The van der Waals surface area contributed by atoms with Crippen LogP contribution in [0.1, 0.15) is 65.9 Å². The molecule has 0 saturated carbocycles. The molecule has 2 heterocycles. The number of carbonyl (C=O) groups is 6. The van der Waals surface area contributed by atoms with E-state index >= 15 is 0 Å². The number of nitrogens with one attached hydrogen (secondary N) is 4. The van der Waals surface area contributed by atoms with Gasteiger partial charge in [-0.3, -0.25) is 28.8 Å². The molecule has 0 bridgehead atoms. The highest BCUT2D eigenvalue weighted by molar-refractivity contribution is 5.98. The summed E-state index contributed by atoms with van der Waals surface area (Å²) in [4.78, 5) is 84.1. The molecule has 2 fully saturated rings. The van der Waals surface area contributed by atoms with Gasteiger partial charge in [0.1, 0.15) is 30.2 Å². The normalized spacial score (nSPS) is 26.6. The summed E-state index contributed by atoms with van der Waals surface area (Å²) in [6.07, 6.45) is 0.207. The molecule has 0 aromatic heterocycles. The van der Waals surface area contributed by atoms with Gasteiger partial charge in [-0.25, -0.2) is 0 Å². The minimum absolute atomic E-state index is 0.0169. The summed E-state index contributed by atoms with van der Waals surface area (Å²) in [5.74, 6) is -3.56. The van der Waals surface area contributed by atoms with Crippen LogP contribution < -0.4 is 21.3 Å². The van der Waals surface area contributed by atoms with Crippen molar-refractivity contribution < 1.29 is 33.9 Å². The number of carbonyl (C=O) groups excluding carboxylic acids is 6. The van der Waals surface area contributed by atoms with Crippen LogP contribution in [-0.4, -0.2) is 107 Å². The average Bonchev–Trinajstić information content (AvgIpc) is 3.50. The number of rotatable bonds is 7. The zero-order chi connectivity index (χ0) is 34.1. The second kappa shape index (κ2) is 16.5. The van der Waals surface area contributed by atoms with Crippen molar-refractivity contribution in [1.29, 1.82) is 0 Å². The van der Waals surface area contributed by atoms with Crippen LogP contribution in [0.2, 0.25) is 0 Å². The lowest BCUT2D eigenvalue weighted by Gasteiger charge is -2.34. The van der Waals surface area contributed by atoms with E-state index in [0.29, 0.717) is 19.4 Å². The third-order valence-electron chi connectivity index (χ3n) is 8.40. The lowest BCUT2D eigenvalue weighted by atomic mass is 9.98. The molecule has 3 rings (SSSR count). The molecule has 6 amide bonds. The summed E-state index contributed by atoms with van der Waals surface area (Å²) in [7, 11) is 1.42. The second-order valence-corrected chi connectivity index (χ2v) is 13.2. The van der Waals surface area contributed by atoms with Gasteiger partial charge in [-0.1, -0.05) is 58.0 Å². The molecule has 0 spiro atoms. The predicted molar refractivity (Wildman–Crippen MR) is 171 cm³/mol. The van der Waals surface area contributed by atoms with Crippen molar-refractivity contribution in [2.75, 3.05) is 20.1 Å². The minimum atomic E-state index is -1.42. The van der Waals surface area contributed by atoms with Gasteiger partial charge in [-0.15, -0.1) is 0 Å². The fourth-order valence-electron chi connectivity index (χ4n) is 5.93. The first-order valence-corrected chi connectivity index (χ1v) is 16.2. The molecule has 5 N–H and O–H groups in total. The van der Waals surface area contributed by atoms with E-state index in [1.165, 1.54) is 23.8 Å². The van der Waals surface area contributed by atoms with E-state index < -0.39 is 71.8 Å². The Labute approximate surface area is 271 Å². The van der Waals surface area contributed by atoms with Crippen LogP contribution in [0.15, 0.2) is 30.3 Å². The molecular weight excluding hydrogens is 592 g/mol. The zero-order valence-corrected chi connectivity index (χ0v) is 27.7. The molecule has 2 aliphatic rings. The molecule has 6 atom stereocenters. The van der Waals surface area contributed by atoms with Gasteiger partial charge in [0.15, 0.2) is 0 Å². The monoisotopic (exact) mass is 642 g/mol. The molecule has 0 aliphatic carbocycles. The number of likely N-dealkylation sites (N-methyl/N-ethyl adjacent to an activating group) is 1. The Morgan fingerprint density at radius 2 is 1.43 bits per heavy atom. The van der Waals surface area contributed by atoms with Crippen molar-refractivity contribution in [3.8, 4) is 0 Å². The highest BCUT2D eigenvalue weighted by atomic mass is 16.3. The van der Waals surface area contributed by atoms with Gasteiger partial charge in [0.2, 0.25) is 35.4 Å². The van der Waals surface area contributed by atoms with Crippen LogP contribution in [-0.2, 0) is 35.2 Å². The minimum Gasteiger partial charge on any atom is -0.391 e. The SMILES string of the molecule is CC(C)C[C@@H]1NC(=O)[C@@H]2CCCN2C(=O)CNC(=O)[C@H](Cc2ccccc2)NC(=O)[C@H](CC(C)C)N(C)C(=O)[C@H]([C@@H](C)O)NC1=O. The molecule has 2 aliphatic heterocycles. The van der Waals surface area contributed by atoms with E-state index in [0.717, 1.165) is 5.56 Å². The number of fused-ring (bicyclic) bond motifs is 1. The number of hydrogen-bond acceptors (Lipinski definition) is 7. The van der Waals surface area contributed by atoms with E-state index in [-0.39, 0.29) is 37.6 Å². The predicted octanol–water partition coefficient (Wildman–Crippen LogP) is 0.104. The van der Waals surface area contributed by atoms with Crippen molar-refractivity contribution in [2.45, 2.75) is 103 Å². The third-order valence-corrected chi connectivity index (χ3v) is 8.40. The third kappa shape index (κ3) is 9.75. The quantitative estimate of drug-likeness (QED) is 0.280. The lowest BCUT2D eigenvalue weighted by molar-refractivity contribution is -0.146. The second-order valence-electron chi connectivity index (χ2n) is 13.2. The van der Waals surface area contributed by atoms with Crippen molar-refractivity contribution in [1.82, 2.24) is 31.1 Å². The number of nitrogens with zero attached hydrogens (tertiary/aromatic N) is 2. The molecule has 13 heteroatoms. The average molecular weight is 643 g/mol. The van der Waals surface area contributed by atoms with Crippen LogP contribution >= 0.6 is 0 Å². The van der Waals surface area contributed by atoms with E-state index in [1.54, 1.807) is 0 Å². The first-order valence-electron chi connectivity index (χ1n) is 16.2. The Kier molecular flexibility index (Phi) is 13.1. The summed E-state index contributed by atoms with van der Waals surface area (Å²) in [5, 5.41) is 21.4. The number of amides is 6. The van der Waals surface area contributed by atoms with Gasteiger partial charge in [0, 0.05) is 20.0 Å². The van der Waals surface area contributed by atoms with Crippen LogP contribution in [0.3, 0.4) is 0 Å². The summed E-state index contributed by atoms with van der Waals surface area (Å²) in [6, 6.07) is 3.63. The molecule has 2 saturated heterocycles. The lowest BCUT2D eigenvalue weighted by Crippen LogP contribution is -2.62. The highest BCUT2D eigenvalue weighted by Gasteiger charge is 2.40. The maximum absolute atomic E-state index is 13.9. The summed E-state index contributed by atoms with van der Waals surface area (Å²) >= 11 is 0. The molecule has 13 nitrogen and oxygen atoms in total. The van der Waals surface area contributed by atoms with Crippen LogP contribution in [0.25, 0.3) is 0 Å². The molecule has 0 unspecified atom stereocenters. The Morgan fingerprint density at radius 3 is 2.04 bits per heavy atom. The smallest absolute Gasteiger partial charge is 0.248 e. The fourth-order valence-corrected chi connectivity index (χ4v) is 5.93. The first kappa shape index (κ1) is 36.5. The number of aliphatic hydroxyl groups is 1. The standard InChI is InChI=1S/C33H50N6O7/c1-19(2)15-23-30(43)37-28(21(5)40)33(46)38(6)26(16-20(3)4)32(45)36-24(17-22-11-8-7-9-12-22)29(42)34-18-27(41)39-14-10-13-25(39)31(44)35-23/h7-9,11-12,19-21,23-26,28,40H,10,13-18H2,1-6H3,(H,34,42)(H,35,44)(H,36,45)(H,37,43)/t21-,23+,24+,25+,26+,28+/m1/s1. The summed E-state index contributed by atoms with van der Waals surface area (Å²) < 4.78 is 0. The largest absolute Gasteiger partial charge is 0.391 e. The number of aliphatic hydroxyl groups excluding tert-OH is 1. The summed E-state index contributed by atoms with van der Waals surface area (Å²) in [5.41, 5.74) is 0.769. The Hall–Kier alpha value is -4.00. The van der Waals surface area contributed by atoms with E-state index in [9.17, 15) is 33.9 Å². The van der Waals surface area contributed by atoms with Gasteiger partial charge in [-0.2, -0.15) is 0 Å². The van der Waals surface area contributed by atoms with Crippen molar-refractivity contribution in [2.24, 2.45) is 11.8 Å². The van der Waals surface area contributed by atoms with Crippen LogP contribution in [0.4, 0.5) is 0 Å². The van der Waals surface area contributed by atoms with E-state index in [1.807, 2.05) is 58.0 Å². The zero-order valence-electron chi connectivity index (χ0n) is 27.7. The molecule has 254 valence electrons. The van der Waals surface area contributed by atoms with Gasteiger partial charge in [0.05, 0.1) is 12.6 Å². The number of hydrogen-bond donors (Lipinski definition) is 5. The fraction of sp³-hybridized carbons (Fsp3) is 0.636. The van der Waals surface area contributed by atoms with Crippen LogP contribution in [0, 0.1) is 11.8 Å². The molecule has 1 aromatic rings. The van der Waals surface area contributed by atoms with Gasteiger partial charge < -0.3 is 36.2 Å².